The number of hydrogen-bond donors (Lipinski definition) is 1. The van der Waals surface area contributed by atoms with Crippen LogP contribution in [0.15, 0.2) is 54.6 Å². The third kappa shape index (κ3) is 6.17. The largest absolute Gasteiger partial charge is 0.497 e. The van der Waals surface area contributed by atoms with Gasteiger partial charge in [0.25, 0.3) is 5.91 Å². The van der Waals surface area contributed by atoms with Gasteiger partial charge in [0, 0.05) is 12.1 Å². The summed E-state index contributed by atoms with van der Waals surface area (Å²) in [6.45, 7) is -0.438. The Hall–Kier alpha value is -3.68. The SMILES string of the molecule is COC(=O)[C@H](Cc1ccccc1)NC(=O)CN(C(=O)C=O)c1ccc(OC)cc1. The summed E-state index contributed by atoms with van der Waals surface area (Å²) in [5.41, 5.74) is 1.18. The van der Waals surface area contributed by atoms with Crippen LogP contribution >= 0.6 is 0 Å². The molecule has 0 bridgehead atoms. The summed E-state index contributed by atoms with van der Waals surface area (Å²) >= 11 is 0. The maximum atomic E-state index is 12.5. The Labute approximate surface area is 168 Å². The van der Waals surface area contributed by atoms with E-state index in [2.05, 4.69) is 5.32 Å². The number of nitrogens with zero attached hydrogens (tertiary/aromatic N) is 1. The molecule has 2 aromatic carbocycles. The van der Waals surface area contributed by atoms with Gasteiger partial charge in [0.1, 0.15) is 18.3 Å². The molecule has 8 nitrogen and oxygen atoms in total. The number of nitrogens with one attached hydrogen (secondary N) is 1. The first-order chi connectivity index (χ1) is 14.0. The standard InChI is InChI=1S/C21H22N2O6/c1-28-17-10-8-16(9-11-17)23(20(26)14-24)13-19(25)22-18(21(27)29-2)12-15-6-4-3-5-7-15/h3-11,14,18H,12-13H2,1-2H3,(H,22,25)/t18-/m0/s1. The van der Waals surface area contributed by atoms with Crippen LogP contribution in [0.3, 0.4) is 0 Å². The Morgan fingerprint density at radius 2 is 1.69 bits per heavy atom. The fourth-order valence-electron chi connectivity index (χ4n) is 2.69. The van der Waals surface area contributed by atoms with E-state index in [0.717, 1.165) is 10.5 Å². The number of aldehydes is 1. The molecule has 1 N–H and O–H groups in total. The highest BCUT2D eigenvalue weighted by atomic mass is 16.5. The Morgan fingerprint density at radius 3 is 2.24 bits per heavy atom. The molecule has 2 rings (SSSR count). The van der Waals surface area contributed by atoms with E-state index >= 15 is 0 Å². The van der Waals surface area contributed by atoms with E-state index in [4.69, 9.17) is 9.47 Å². The average Bonchev–Trinajstić information content (AvgIpc) is 2.76. The van der Waals surface area contributed by atoms with Crippen molar-refractivity contribution in [1.29, 1.82) is 0 Å². The van der Waals surface area contributed by atoms with Crippen LogP contribution in [0, 0.1) is 0 Å². The second-order valence-electron chi connectivity index (χ2n) is 6.07. The van der Waals surface area contributed by atoms with Crippen molar-refractivity contribution in [3.8, 4) is 5.75 Å². The lowest BCUT2D eigenvalue weighted by Gasteiger charge is -2.22. The molecule has 0 aliphatic rings. The minimum absolute atomic E-state index is 0.124. The van der Waals surface area contributed by atoms with Gasteiger partial charge in [0.2, 0.25) is 12.2 Å². The zero-order valence-electron chi connectivity index (χ0n) is 16.2. The molecule has 2 aromatic rings. The summed E-state index contributed by atoms with van der Waals surface area (Å²) in [6.07, 6.45) is 0.350. The fourth-order valence-corrected chi connectivity index (χ4v) is 2.69. The predicted octanol–water partition coefficient (Wildman–Crippen LogP) is 1.13. The first-order valence-electron chi connectivity index (χ1n) is 8.80. The van der Waals surface area contributed by atoms with Crippen LogP contribution in [0.1, 0.15) is 5.56 Å². The number of esters is 1. The van der Waals surface area contributed by atoms with E-state index in [1.165, 1.54) is 14.2 Å². The molecule has 0 saturated carbocycles. The summed E-state index contributed by atoms with van der Waals surface area (Å²) in [5, 5.41) is 2.57. The molecule has 1 atom stereocenters. The minimum Gasteiger partial charge on any atom is -0.497 e. The molecule has 2 amide bonds. The van der Waals surface area contributed by atoms with Gasteiger partial charge in [0.15, 0.2) is 0 Å². The van der Waals surface area contributed by atoms with Gasteiger partial charge < -0.3 is 14.8 Å². The summed E-state index contributed by atoms with van der Waals surface area (Å²) in [4.78, 5) is 48.7. The molecular weight excluding hydrogens is 376 g/mol. The second-order valence-corrected chi connectivity index (χ2v) is 6.07. The third-order valence-electron chi connectivity index (χ3n) is 4.16. The molecule has 0 aliphatic carbocycles. The van der Waals surface area contributed by atoms with E-state index in [9.17, 15) is 19.2 Å². The lowest BCUT2D eigenvalue weighted by atomic mass is 10.1. The molecule has 0 heterocycles. The van der Waals surface area contributed by atoms with Crippen molar-refractivity contribution >= 4 is 29.8 Å². The van der Waals surface area contributed by atoms with Gasteiger partial charge in [-0.25, -0.2) is 4.79 Å². The molecule has 0 spiro atoms. The number of rotatable bonds is 9. The van der Waals surface area contributed by atoms with Crippen LogP contribution in [0.2, 0.25) is 0 Å². The second kappa shape index (κ2) is 10.6. The molecule has 0 aromatic heterocycles. The first kappa shape index (κ1) is 21.6. The maximum Gasteiger partial charge on any atom is 0.328 e. The van der Waals surface area contributed by atoms with Gasteiger partial charge in [-0.2, -0.15) is 0 Å². The van der Waals surface area contributed by atoms with Gasteiger partial charge in [-0.05, 0) is 29.8 Å². The van der Waals surface area contributed by atoms with E-state index in [-0.39, 0.29) is 12.7 Å². The van der Waals surface area contributed by atoms with Crippen molar-refractivity contribution in [2.24, 2.45) is 0 Å². The molecule has 0 aliphatic heterocycles. The monoisotopic (exact) mass is 398 g/mol. The van der Waals surface area contributed by atoms with Crippen molar-refractivity contribution in [3.05, 3.63) is 60.2 Å². The summed E-state index contributed by atoms with van der Waals surface area (Å²) in [6, 6.07) is 14.5. The van der Waals surface area contributed by atoms with Crippen LogP contribution in [0.25, 0.3) is 0 Å². The number of hydrogen-bond acceptors (Lipinski definition) is 6. The van der Waals surface area contributed by atoms with Crippen LogP contribution in [0.4, 0.5) is 5.69 Å². The van der Waals surface area contributed by atoms with Gasteiger partial charge in [-0.3, -0.25) is 19.3 Å². The lowest BCUT2D eigenvalue weighted by molar-refractivity contribution is -0.144. The highest BCUT2D eigenvalue weighted by Crippen LogP contribution is 2.19. The Kier molecular flexibility index (Phi) is 7.90. The van der Waals surface area contributed by atoms with Crippen molar-refractivity contribution in [3.63, 3.8) is 0 Å². The smallest absolute Gasteiger partial charge is 0.328 e. The Balaban J connectivity index is 2.14. The Morgan fingerprint density at radius 1 is 1.03 bits per heavy atom. The molecule has 8 heteroatoms. The molecule has 152 valence electrons. The van der Waals surface area contributed by atoms with Crippen molar-refractivity contribution in [1.82, 2.24) is 5.32 Å². The summed E-state index contributed by atoms with van der Waals surface area (Å²) in [7, 11) is 2.72. The molecule has 0 saturated heterocycles. The highest BCUT2D eigenvalue weighted by Gasteiger charge is 2.25. The molecule has 29 heavy (non-hydrogen) atoms. The molecule has 0 radical (unpaired) electrons. The lowest BCUT2D eigenvalue weighted by Crippen LogP contribution is -2.48. The minimum atomic E-state index is -0.932. The Bertz CT molecular complexity index is 851. The van der Waals surface area contributed by atoms with Gasteiger partial charge >= 0.3 is 5.97 Å². The molecular formula is C21H22N2O6. The van der Waals surface area contributed by atoms with Crippen LogP contribution in [-0.2, 0) is 30.3 Å². The number of carbonyl (C=O) groups is 4. The number of anilines is 1. The summed E-state index contributed by atoms with van der Waals surface area (Å²) in [5.74, 6) is -1.55. The van der Waals surface area contributed by atoms with E-state index in [1.54, 1.807) is 24.3 Å². The van der Waals surface area contributed by atoms with Crippen LogP contribution in [0.5, 0.6) is 5.75 Å². The van der Waals surface area contributed by atoms with Crippen molar-refractivity contribution in [2.45, 2.75) is 12.5 Å². The van der Waals surface area contributed by atoms with Crippen molar-refractivity contribution in [2.75, 3.05) is 25.7 Å². The molecule has 0 unspecified atom stereocenters. The van der Waals surface area contributed by atoms with E-state index in [1.807, 2.05) is 30.3 Å². The number of carbonyl (C=O) groups excluding carboxylic acids is 4. The van der Waals surface area contributed by atoms with Gasteiger partial charge in [-0.1, -0.05) is 30.3 Å². The molecule has 0 fully saturated rings. The van der Waals surface area contributed by atoms with E-state index < -0.39 is 30.4 Å². The summed E-state index contributed by atoms with van der Waals surface area (Å²) < 4.78 is 9.83. The van der Waals surface area contributed by atoms with E-state index in [0.29, 0.717) is 11.4 Å². The first-order valence-corrected chi connectivity index (χ1v) is 8.80. The normalized spacial score (nSPS) is 11.1. The average molecular weight is 398 g/mol. The number of benzene rings is 2. The van der Waals surface area contributed by atoms with Crippen LogP contribution in [-0.4, -0.2) is 50.9 Å². The van der Waals surface area contributed by atoms with Crippen LogP contribution < -0.4 is 15.0 Å². The topological polar surface area (TPSA) is 102 Å². The quantitative estimate of drug-likeness (QED) is 0.386. The number of ether oxygens (including phenoxy) is 2. The number of amides is 2. The predicted molar refractivity (Wildman–Crippen MR) is 106 cm³/mol. The third-order valence-corrected chi connectivity index (χ3v) is 4.16. The maximum absolute atomic E-state index is 12.5. The van der Waals surface area contributed by atoms with Gasteiger partial charge in [0.05, 0.1) is 14.2 Å². The zero-order chi connectivity index (χ0) is 21.2. The highest BCUT2D eigenvalue weighted by molar-refractivity contribution is 6.31. The van der Waals surface area contributed by atoms with Gasteiger partial charge in [-0.15, -0.1) is 0 Å². The number of methoxy groups -OCH3 is 2. The zero-order valence-corrected chi connectivity index (χ0v) is 16.2. The van der Waals surface area contributed by atoms with Crippen molar-refractivity contribution < 1.29 is 28.7 Å². The fraction of sp³-hybridized carbons (Fsp3) is 0.238.